The summed E-state index contributed by atoms with van der Waals surface area (Å²) >= 11 is 1.55. The van der Waals surface area contributed by atoms with Gasteiger partial charge in [0.05, 0.1) is 22.0 Å². The minimum atomic E-state index is -0.548. The molecule has 0 spiro atoms. The number of anilines is 2. The maximum absolute atomic E-state index is 12.8. The van der Waals surface area contributed by atoms with Crippen molar-refractivity contribution in [3.8, 4) is 11.5 Å². The van der Waals surface area contributed by atoms with Crippen LogP contribution in [0.4, 0.5) is 11.4 Å². The summed E-state index contributed by atoms with van der Waals surface area (Å²) in [7, 11) is 0. The number of rotatable bonds is 5. The summed E-state index contributed by atoms with van der Waals surface area (Å²) in [5.74, 6) is 0.500. The van der Waals surface area contributed by atoms with Crippen LogP contribution in [0.15, 0.2) is 47.8 Å². The van der Waals surface area contributed by atoms with Crippen LogP contribution in [0.5, 0.6) is 11.5 Å². The topological polar surface area (TPSA) is 89.5 Å². The Morgan fingerprint density at radius 2 is 2.14 bits per heavy atom. The van der Waals surface area contributed by atoms with Gasteiger partial charge in [-0.15, -0.1) is 11.3 Å². The van der Waals surface area contributed by atoms with Gasteiger partial charge in [0.15, 0.2) is 6.10 Å². The van der Waals surface area contributed by atoms with E-state index in [0.29, 0.717) is 28.4 Å². The molecule has 148 valence electrons. The molecule has 0 saturated carbocycles. The highest BCUT2D eigenvalue weighted by Gasteiger charge is 2.24. The van der Waals surface area contributed by atoms with Crippen molar-refractivity contribution >= 4 is 34.5 Å². The predicted molar refractivity (Wildman–Crippen MR) is 111 cm³/mol. The number of aryl methyl sites for hydroxylation is 1. The maximum Gasteiger partial charge on any atom is 0.265 e. The number of carbonyl (C=O) groups excluding carboxylic acids is 2. The number of aromatic nitrogens is 1. The highest BCUT2D eigenvalue weighted by Crippen LogP contribution is 2.32. The fraction of sp³-hybridized carbons (Fsp3) is 0.190. The van der Waals surface area contributed by atoms with Crippen LogP contribution in [0.3, 0.4) is 0 Å². The van der Waals surface area contributed by atoms with Gasteiger partial charge in [0, 0.05) is 11.1 Å². The number of nitrogens with one attached hydrogen (secondary N) is 2. The number of fused-ring (bicyclic) bond motifs is 1. The Morgan fingerprint density at radius 3 is 2.93 bits per heavy atom. The lowest BCUT2D eigenvalue weighted by molar-refractivity contribution is -0.122. The van der Waals surface area contributed by atoms with E-state index in [1.807, 2.05) is 18.4 Å². The van der Waals surface area contributed by atoms with E-state index in [1.54, 1.807) is 54.7 Å². The zero-order valence-corrected chi connectivity index (χ0v) is 16.7. The lowest BCUT2D eigenvalue weighted by Crippen LogP contribution is -2.34. The molecule has 1 aliphatic rings. The number of amides is 2. The van der Waals surface area contributed by atoms with Gasteiger partial charge in [-0.3, -0.25) is 9.59 Å². The van der Waals surface area contributed by atoms with Gasteiger partial charge in [-0.05, 0) is 44.2 Å². The largest absolute Gasteiger partial charge is 0.486 e. The minimum Gasteiger partial charge on any atom is -0.486 e. The zero-order valence-electron chi connectivity index (χ0n) is 15.9. The second-order valence-electron chi connectivity index (χ2n) is 6.56. The molecular weight excluding hydrogens is 390 g/mol. The molecule has 1 atom stereocenters. The van der Waals surface area contributed by atoms with Crippen molar-refractivity contribution in [2.75, 3.05) is 10.6 Å². The summed E-state index contributed by atoms with van der Waals surface area (Å²) < 4.78 is 11.4. The van der Waals surface area contributed by atoms with Crippen molar-refractivity contribution in [3.05, 3.63) is 64.1 Å². The lowest BCUT2D eigenvalue weighted by Gasteiger charge is -2.23. The van der Waals surface area contributed by atoms with Gasteiger partial charge in [-0.1, -0.05) is 12.1 Å². The molecule has 2 N–H and O–H groups in total. The van der Waals surface area contributed by atoms with Gasteiger partial charge >= 0.3 is 0 Å². The maximum atomic E-state index is 12.8. The van der Waals surface area contributed by atoms with Crippen LogP contribution in [0.2, 0.25) is 0 Å². The van der Waals surface area contributed by atoms with E-state index in [9.17, 15) is 9.59 Å². The van der Waals surface area contributed by atoms with E-state index in [1.165, 1.54) is 0 Å². The predicted octanol–water partition coefficient (Wildman–Crippen LogP) is 4.00. The Balaban J connectivity index is 1.49. The third-order valence-electron chi connectivity index (χ3n) is 4.34. The first kappa shape index (κ1) is 18.9. The van der Waals surface area contributed by atoms with Crippen LogP contribution in [0.25, 0.3) is 0 Å². The van der Waals surface area contributed by atoms with Gasteiger partial charge in [-0.2, -0.15) is 0 Å². The zero-order chi connectivity index (χ0) is 20.4. The van der Waals surface area contributed by atoms with Gasteiger partial charge in [0.1, 0.15) is 18.1 Å². The number of hydrogen-bond donors (Lipinski definition) is 2. The Hall–Kier alpha value is -3.39. The molecule has 0 fully saturated rings. The molecule has 1 aromatic heterocycles. The van der Waals surface area contributed by atoms with E-state index in [2.05, 4.69) is 15.6 Å². The SMILES string of the molecule is Cc1nc(COc2ccccc2C(=O)Nc2ccc3c(c2)NC(=O)[C@@H](C)O3)cs1. The number of ether oxygens (including phenoxy) is 2. The van der Waals surface area contributed by atoms with Crippen molar-refractivity contribution in [3.63, 3.8) is 0 Å². The third kappa shape index (κ3) is 4.22. The number of carbonyl (C=O) groups is 2. The monoisotopic (exact) mass is 409 g/mol. The van der Waals surface area contributed by atoms with Gasteiger partial charge in [0.2, 0.25) is 0 Å². The molecule has 0 saturated heterocycles. The molecule has 8 heteroatoms. The molecule has 0 aliphatic carbocycles. The lowest BCUT2D eigenvalue weighted by atomic mass is 10.1. The molecule has 29 heavy (non-hydrogen) atoms. The standard InChI is InChI=1S/C21H19N3O4S/c1-12-20(25)24-17-9-14(7-8-19(17)28-12)23-21(26)16-5-3-4-6-18(16)27-10-15-11-29-13(2)22-15/h3-9,11-12H,10H2,1-2H3,(H,23,26)(H,24,25)/t12-/m1/s1. The molecule has 2 heterocycles. The van der Waals surface area contributed by atoms with E-state index in [0.717, 1.165) is 10.7 Å². The molecule has 2 aromatic carbocycles. The number of benzene rings is 2. The number of thiazole rings is 1. The van der Waals surface area contributed by atoms with Gasteiger partial charge in [-0.25, -0.2) is 4.98 Å². The first-order valence-electron chi connectivity index (χ1n) is 9.05. The average Bonchev–Trinajstić information content (AvgIpc) is 3.13. The molecule has 0 radical (unpaired) electrons. The summed E-state index contributed by atoms with van der Waals surface area (Å²) in [6, 6.07) is 12.1. The Kier molecular flexibility index (Phi) is 5.18. The van der Waals surface area contributed by atoms with E-state index >= 15 is 0 Å². The molecule has 0 unspecified atom stereocenters. The smallest absolute Gasteiger partial charge is 0.265 e. The summed E-state index contributed by atoms with van der Waals surface area (Å²) in [5, 5.41) is 8.50. The molecule has 4 rings (SSSR count). The van der Waals surface area contributed by atoms with E-state index < -0.39 is 6.10 Å². The number of nitrogens with zero attached hydrogens (tertiary/aromatic N) is 1. The van der Waals surface area contributed by atoms with Crippen LogP contribution in [0.1, 0.15) is 28.0 Å². The van der Waals surface area contributed by atoms with Crippen molar-refractivity contribution in [2.45, 2.75) is 26.6 Å². The Bertz CT molecular complexity index is 1080. The van der Waals surface area contributed by atoms with Crippen molar-refractivity contribution in [1.29, 1.82) is 0 Å². The number of para-hydroxylation sites is 1. The average molecular weight is 409 g/mol. The molecular formula is C21H19N3O4S. The van der Waals surface area contributed by atoms with Crippen molar-refractivity contribution in [1.82, 2.24) is 4.98 Å². The highest BCUT2D eigenvalue weighted by molar-refractivity contribution is 7.09. The minimum absolute atomic E-state index is 0.225. The van der Waals surface area contributed by atoms with Gasteiger partial charge < -0.3 is 20.1 Å². The fourth-order valence-electron chi connectivity index (χ4n) is 2.89. The molecule has 1 aliphatic heterocycles. The van der Waals surface area contributed by atoms with Crippen molar-refractivity contribution in [2.24, 2.45) is 0 Å². The first-order valence-corrected chi connectivity index (χ1v) is 9.93. The Morgan fingerprint density at radius 1 is 1.31 bits per heavy atom. The van der Waals surface area contributed by atoms with Crippen LogP contribution in [-0.4, -0.2) is 22.9 Å². The summed E-state index contributed by atoms with van der Waals surface area (Å²) in [5.41, 5.74) is 2.29. The van der Waals surface area contributed by atoms with Gasteiger partial charge in [0.25, 0.3) is 11.8 Å². The number of hydrogen-bond acceptors (Lipinski definition) is 6. The van der Waals surface area contributed by atoms with Crippen LogP contribution in [-0.2, 0) is 11.4 Å². The third-order valence-corrected chi connectivity index (χ3v) is 5.16. The first-order chi connectivity index (χ1) is 14.0. The van der Waals surface area contributed by atoms with Crippen molar-refractivity contribution < 1.29 is 19.1 Å². The normalized spacial score (nSPS) is 15.1. The second-order valence-corrected chi connectivity index (χ2v) is 7.62. The second kappa shape index (κ2) is 7.92. The summed E-state index contributed by atoms with van der Waals surface area (Å²) in [6.07, 6.45) is -0.548. The fourth-order valence-corrected chi connectivity index (χ4v) is 3.49. The molecule has 0 bridgehead atoms. The highest BCUT2D eigenvalue weighted by atomic mass is 32.1. The van der Waals surface area contributed by atoms with Crippen LogP contribution < -0.4 is 20.1 Å². The Labute approximate surface area is 171 Å². The molecule has 3 aromatic rings. The molecule has 2 amide bonds. The summed E-state index contributed by atoms with van der Waals surface area (Å²) in [4.78, 5) is 29.0. The van der Waals surface area contributed by atoms with Crippen LogP contribution in [0, 0.1) is 6.92 Å². The van der Waals surface area contributed by atoms with E-state index in [4.69, 9.17) is 9.47 Å². The van der Waals surface area contributed by atoms with E-state index in [-0.39, 0.29) is 18.4 Å². The van der Waals surface area contributed by atoms with Crippen LogP contribution >= 0.6 is 11.3 Å². The molecule has 7 nitrogen and oxygen atoms in total. The summed E-state index contributed by atoms with van der Waals surface area (Å²) in [6.45, 7) is 3.90. The quantitative estimate of drug-likeness (QED) is 0.665.